The lowest BCUT2D eigenvalue weighted by atomic mass is 10.1. The van der Waals surface area contributed by atoms with Gasteiger partial charge in [0.1, 0.15) is 0 Å². The van der Waals surface area contributed by atoms with Crippen LogP contribution in [0.15, 0.2) is 29.9 Å². The molecule has 0 fully saturated rings. The van der Waals surface area contributed by atoms with E-state index in [0.717, 1.165) is 12.8 Å². The summed E-state index contributed by atoms with van der Waals surface area (Å²) in [6.07, 6.45) is 5.39. The first-order valence-electron chi connectivity index (χ1n) is 5.57. The average Bonchev–Trinajstić information content (AvgIpc) is 2.85. The van der Waals surface area contributed by atoms with E-state index in [-0.39, 0.29) is 6.04 Å². The molecule has 3 nitrogen and oxygen atoms in total. The summed E-state index contributed by atoms with van der Waals surface area (Å²) in [5.41, 5.74) is 0. The number of hydrogen-bond donors (Lipinski definition) is 1. The number of thiophene rings is 1. The molecule has 1 atom stereocenters. The Morgan fingerprint density at radius 1 is 1.41 bits per heavy atom. The van der Waals surface area contributed by atoms with Crippen LogP contribution in [0.3, 0.4) is 0 Å². The number of hydrogen-bond acceptors (Lipinski definition) is 4. The van der Waals surface area contributed by atoms with Gasteiger partial charge in [-0.1, -0.05) is 31.0 Å². The highest BCUT2D eigenvalue weighted by Gasteiger charge is 2.12. The lowest BCUT2D eigenvalue weighted by Gasteiger charge is -2.16. The lowest BCUT2D eigenvalue weighted by Crippen LogP contribution is -2.11. The molecule has 90 valence electrons. The second-order valence-electron chi connectivity index (χ2n) is 3.73. The van der Waals surface area contributed by atoms with Crippen molar-refractivity contribution in [3.05, 3.63) is 39.8 Å². The van der Waals surface area contributed by atoms with Crippen LogP contribution in [0.25, 0.3) is 0 Å². The second kappa shape index (κ2) is 5.98. The fourth-order valence-electron chi connectivity index (χ4n) is 1.61. The normalized spacial score (nSPS) is 12.4. The summed E-state index contributed by atoms with van der Waals surface area (Å²) < 4.78 is 0. The Kier molecular flexibility index (Phi) is 4.34. The molecule has 0 saturated heterocycles. The summed E-state index contributed by atoms with van der Waals surface area (Å²) in [7, 11) is 0. The predicted molar refractivity (Wildman–Crippen MR) is 72.6 cm³/mol. The van der Waals surface area contributed by atoms with Crippen molar-refractivity contribution in [2.75, 3.05) is 5.32 Å². The molecule has 0 aliphatic carbocycles. The minimum absolute atomic E-state index is 0.279. The molecule has 0 radical (unpaired) electrons. The highest BCUT2D eigenvalue weighted by atomic mass is 35.5. The molecule has 0 aromatic carbocycles. The van der Waals surface area contributed by atoms with Crippen molar-refractivity contribution in [2.45, 2.75) is 25.8 Å². The zero-order chi connectivity index (χ0) is 12.1. The summed E-state index contributed by atoms with van der Waals surface area (Å²) >= 11 is 7.51. The lowest BCUT2D eigenvalue weighted by molar-refractivity contribution is 0.681. The van der Waals surface area contributed by atoms with Gasteiger partial charge in [0.25, 0.3) is 0 Å². The van der Waals surface area contributed by atoms with Crippen LogP contribution >= 0.6 is 22.9 Å². The highest BCUT2D eigenvalue weighted by Crippen LogP contribution is 2.26. The first kappa shape index (κ1) is 12.3. The van der Waals surface area contributed by atoms with E-state index >= 15 is 0 Å². The van der Waals surface area contributed by atoms with Gasteiger partial charge in [-0.05, 0) is 17.9 Å². The maximum absolute atomic E-state index is 5.76. The summed E-state index contributed by atoms with van der Waals surface area (Å²) in [6, 6.07) is 4.47. The first-order chi connectivity index (χ1) is 8.29. The maximum Gasteiger partial charge on any atom is 0.223 e. The van der Waals surface area contributed by atoms with Crippen molar-refractivity contribution >= 4 is 28.9 Å². The molecule has 1 unspecified atom stereocenters. The van der Waals surface area contributed by atoms with Gasteiger partial charge in [0.05, 0.1) is 23.5 Å². The summed E-state index contributed by atoms with van der Waals surface area (Å²) in [5.74, 6) is 0.626. The molecule has 0 bridgehead atoms. The van der Waals surface area contributed by atoms with E-state index in [2.05, 4.69) is 39.7 Å². The predicted octanol–water partition coefficient (Wildman–Crippen LogP) is 4.14. The summed E-state index contributed by atoms with van der Waals surface area (Å²) in [4.78, 5) is 9.63. The number of rotatable bonds is 5. The molecule has 2 rings (SSSR count). The topological polar surface area (TPSA) is 37.8 Å². The number of nitrogens with zero attached hydrogens (tertiary/aromatic N) is 2. The van der Waals surface area contributed by atoms with E-state index in [1.165, 1.54) is 4.88 Å². The molecule has 5 heteroatoms. The van der Waals surface area contributed by atoms with Crippen LogP contribution in [0, 0.1) is 0 Å². The molecule has 2 aromatic rings. The molecule has 17 heavy (non-hydrogen) atoms. The molecular formula is C12H14ClN3S. The van der Waals surface area contributed by atoms with Crippen LogP contribution in [-0.4, -0.2) is 9.97 Å². The van der Waals surface area contributed by atoms with Gasteiger partial charge in [0, 0.05) is 4.88 Å². The van der Waals surface area contributed by atoms with E-state index in [4.69, 9.17) is 11.6 Å². The van der Waals surface area contributed by atoms with Gasteiger partial charge >= 0.3 is 0 Å². The van der Waals surface area contributed by atoms with E-state index in [0.29, 0.717) is 11.0 Å². The number of anilines is 1. The zero-order valence-electron chi connectivity index (χ0n) is 9.56. The van der Waals surface area contributed by atoms with Crippen LogP contribution in [0.5, 0.6) is 0 Å². The van der Waals surface area contributed by atoms with Gasteiger partial charge in [-0.3, -0.25) is 0 Å². The van der Waals surface area contributed by atoms with Crippen LogP contribution in [0.4, 0.5) is 5.95 Å². The standard InChI is InChI=1S/C12H14ClN3S/c1-2-4-10(11-5-3-6-17-11)16-12-14-7-9(13)8-15-12/h3,5-8,10H,2,4H2,1H3,(H,14,15,16). The molecule has 0 amide bonds. The Bertz CT molecular complexity index is 441. The molecule has 0 aliphatic heterocycles. The number of aromatic nitrogens is 2. The Morgan fingerprint density at radius 2 is 2.18 bits per heavy atom. The fourth-order valence-corrected chi connectivity index (χ4v) is 2.52. The monoisotopic (exact) mass is 267 g/mol. The first-order valence-corrected chi connectivity index (χ1v) is 6.83. The summed E-state index contributed by atoms with van der Waals surface area (Å²) in [6.45, 7) is 2.17. The molecular weight excluding hydrogens is 254 g/mol. The SMILES string of the molecule is CCCC(Nc1ncc(Cl)cn1)c1cccs1. The van der Waals surface area contributed by atoms with Gasteiger partial charge in [0.15, 0.2) is 0 Å². The van der Waals surface area contributed by atoms with Crippen molar-refractivity contribution in [3.8, 4) is 0 Å². The van der Waals surface area contributed by atoms with Crippen LogP contribution < -0.4 is 5.32 Å². The van der Waals surface area contributed by atoms with Gasteiger partial charge in [0.2, 0.25) is 5.95 Å². The van der Waals surface area contributed by atoms with Gasteiger partial charge in [-0.25, -0.2) is 9.97 Å². The van der Waals surface area contributed by atoms with Crippen LogP contribution in [-0.2, 0) is 0 Å². The van der Waals surface area contributed by atoms with Gasteiger partial charge in [-0.2, -0.15) is 0 Å². The van der Waals surface area contributed by atoms with Gasteiger partial charge in [-0.15, -0.1) is 11.3 Å². The largest absolute Gasteiger partial charge is 0.347 e. The second-order valence-corrected chi connectivity index (χ2v) is 5.14. The van der Waals surface area contributed by atoms with Gasteiger partial charge < -0.3 is 5.32 Å². The van der Waals surface area contributed by atoms with E-state index in [1.807, 2.05) is 0 Å². The van der Waals surface area contributed by atoms with E-state index < -0.39 is 0 Å². The Balaban J connectivity index is 2.10. The third kappa shape index (κ3) is 3.41. The third-order valence-electron chi connectivity index (χ3n) is 2.39. The smallest absolute Gasteiger partial charge is 0.223 e. The van der Waals surface area contributed by atoms with E-state index in [9.17, 15) is 0 Å². The van der Waals surface area contributed by atoms with Crippen molar-refractivity contribution in [2.24, 2.45) is 0 Å². The Hall–Kier alpha value is -1.13. The minimum Gasteiger partial charge on any atom is -0.347 e. The molecule has 2 aromatic heterocycles. The molecule has 2 heterocycles. The van der Waals surface area contributed by atoms with Crippen molar-refractivity contribution in [1.82, 2.24) is 9.97 Å². The third-order valence-corrected chi connectivity index (χ3v) is 3.57. The quantitative estimate of drug-likeness (QED) is 0.885. The maximum atomic E-state index is 5.76. The molecule has 0 spiro atoms. The van der Waals surface area contributed by atoms with Crippen molar-refractivity contribution < 1.29 is 0 Å². The zero-order valence-corrected chi connectivity index (χ0v) is 11.1. The Morgan fingerprint density at radius 3 is 2.76 bits per heavy atom. The minimum atomic E-state index is 0.279. The van der Waals surface area contributed by atoms with Crippen molar-refractivity contribution in [3.63, 3.8) is 0 Å². The molecule has 0 saturated carbocycles. The average molecular weight is 268 g/mol. The Labute approximate surface area is 110 Å². The van der Waals surface area contributed by atoms with Crippen molar-refractivity contribution in [1.29, 1.82) is 0 Å². The number of halogens is 1. The fraction of sp³-hybridized carbons (Fsp3) is 0.333. The molecule has 0 aliphatic rings. The van der Waals surface area contributed by atoms with Crippen LogP contribution in [0.1, 0.15) is 30.7 Å². The van der Waals surface area contributed by atoms with Crippen LogP contribution in [0.2, 0.25) is 5.02 Å². The molecule has 1 N–H and O–H groups in total. The summed E-state index contributed by atoms with van der Waals surface area (Å²) in [5, 5.41) is 5.98. The van der Waals surface area contributed by atoms with E-state index in [1.54, 1.807) is 23.7 Å². The highest BCUT2D eigenvalue weighted by molar-refractivity contribution is 7.10. The number of nitrogens with one attached hydrogen (secondary N) is 1.